The van der Waals surface area contributed by atoms with Gasteiger partial charge in [0, 0.05) is 24.1 Å². The number of fused-ring (bicyclic) bond motifs is 5. The number of aromatic nitrogens is 2. The van der Waals surface area contributed by atoms with E-state index in [1.807, 2.05) is 0 Å². The van der Waals surface area contributed by atoms with Crippen LogP contribution >= 0.6 is 0 Å². The molecule has 0 unspecified atom stereocenters. The molecule has 0 radical (unpaired) electrons. The maximum atomic E-state index is 13.8. The van der Waals surface area contributed by atoms with Gasteiger partial charge in [-0.05, 0) is 37.1 Å². The molecule has 0 aromatic carbocycles. The van der Waals surface area contributed by atoms with Crippen LogP contribution in [-0.4, -0.2) is 45.9 Å². The van der Waals surface area contributed by atoms with E-state index in [0.29, 0.717) is 5.56 Å². The van der Waals surface area contributed by atoms with Crippen LogP contribution in [-0.2, 0) is 21.1 Å². The summed E-state index contributed by atoms with van der Waals surface area (Å²) in [6.07, 6.45) is -5.15. The van der Waals surface area contributed by atoms with E-state index < -0.39 is 52.7 Å². The van der Waals surface area contributed by atoms with Crippen LogP contribution in [0.2, 0.25) is 0 Å². The minimum atomic E-state index is -4.66. The molecule has 1 saturated carbocycles. The fraction of sp³-hybridized carbons (Fsp3) is 0.476. The number of anilines is 1. The van der Waals surface area contributed by atoms with Gasteiger partial charge in [0.1, 0.15) is 5.82 Å². The zero-order valence-electron chi connectivity index (χ0n) is 16.8. The Hall–Kier alpha value is -2.79. The SMILES string of the molecule is CCOc1cc(C(F)(F)F)cc(NC(=O)[C@]23C[C@@]2(c2ccnc(F)c2)[C@H]2O[C@@H]3C[C@@H]2O)n1. The molecule has 2 N–H and O–H groups in total. The van der Waals surface area contributed by atoms with Crippen molar-refractivity contribution in [1.82, 2.24) is 9.97 Å². The molecular weight excluding hydrogens is 434 g/mol. The number of ether oxygens (including phenoxy) is 2. The second kappa shape index (κ2) is 6.85. The summed E-state index contributed by atoms with van der Waals surface area (Å²) >= 11 is 0. The predicted octanol–water partition coefficient (Wildman–Crippen LogP) is 2.83. The number of pyridine rings is 2. The number of carbonyl (C=O) groups is 1. The molecule has 0 spiro atoms. The molecule has 1 aliphatic carbocycles. The number of halogens is 4. The Kier molecular flexibility index (Phi) is 4.51. The summed E-state index contributed by atoms with van der Waals surface area (Å²) in [5, 5.41) is 12.9. The number of aliphatic hydroxyl groups excluding tert-OH is 1. The number of hydrogen-bond donors (Lipinski definition) is 2. The van der Waals surface area contributed by atoms with Crippen molar-refractivity contribution in [1.29, 1.82) is 0 Å². The molecule has 32 heavy (non-hydrogen) atoms. The zero-order valence-corrected chi connectivity index (χ0v) is 16.8. The molecule has 2 aromatic rings. The first-order chi connectivity index (χ1) is 15.1. The lowest BCUT2D eigenvalue weighted by Gasteiger charge is -2.29. The van der Waals surface area contributed by atoms with Gasteiger partial charge in [-0.2, -0.15) is 22.5 Å². The van der Waals surface area contributed by atoms with E-state index in [4.69, 9.17) is 9.47 Å². The maximum Gasteiger partial charge on any atom is 0.416 e. The first kappa shape index (κ1) is 21.1. The maximum absolute atomic E-state index is 13.8. The molecule has 2 saturated heterocycles. The van der Waals surface area contributed by atoms with E-state index in [1.54, 1.807) is 13.0 Å². The van der Waals surface area contributed by atoms with Crippen molar-refractivity contribution >= 4 is 11.7 Å². The number of aliphatic hydroxyl groups is 1. The first-order valence-corrected chi connectivity index (χ1v) is 10.1. The second-order valence-corrected chi connectivity index (χ2v) is 8.30. The number of carbonyl (C=O) groups excluding carboxylic acids is 1. The lowest BCUT2D eigenvalue weighted by Crippen LogP contribution is -2.44. The first-order valence-electron chi connectivity index (χ1n) is 10.1. The van der Waals surface area contributed by atoms with Crippen molar-refractivity contribution in [3.05, 3.63) is 47.5 Å². The summed E-state index contributed by atoms with van der Waals surface area (Å²) in [6.45, 7) is 1.70. The standard InChI is InChI=1S/C21H19F4N3O4/c1-2-31-16-7-11(21(23,24)25)6-15(27-16)28-18(30)20-9-19(20,10-3-4-26-14(22)5-10)17-12(29)8-13(20)32-17/h3-7,12-13,17,29H,2,8-9H2,1H3,(H,27,28,30)/t12-,13+,17-,19+,20+/m0/s1. The average Bonchev–Trinajstić information content (AvgIpc) is 3.21. The molecule has 5 atom stereocenters. The summed E-state index contributed by atoms with van der Waals surface area (Å²) in [4.78, 5) is 20.9. The number of alkyl halides is 3. The highest BCUT2D eigenvalue weighted by molar-refractivity contribution is 6.00. The molecule has 5 rings (SSSR count). The largest absolute Gasteiger partial charge is 0.478 e. The van der Waals surface area contributed by atoms with E-state index in [-0.39, 0.29) is 31.1 Å². The van der Waals surface area contributed by atoms with Crippen LogP contribution in [0.15, 0.2) is 30.5 Å². The molecule has 2 aromatic heterocycles. The van der Waals surface area contributed by atoms with E-state index in [9.17, 15) is 27.5 Å². The van der Waals surface area contributed by atoms with E-state index in [1.165, 1.54) is 12.3 Å². The van der Waals surface area contributed by atoms with Gasteiger partial charge in [-0.1, -0.05) is 0 Å². The second-order valence-electron chi connectivity index (χ2n) is 8.30. The Morgan fingerprint density at radius 2 is 2.16 bits per heavy atom. The molecule has 2 aliphatic heterocycles. The summed E-state index contributed by atoms with van der Waals surface area (Å²) in [6, 6.07) is 4.25. The van der Waals surface area contributed by atoms with E-state index >= 15 is 0 Å². The van der Waals surface area contributed by atoms with Crippen LogP contribution in [0.5, 0.6) is 5.88 Å². The third kappa shape index (κ3) is 2.83. The molecule has 11 heteroatoms. The third-order valence-electron chi connectivity index (χ3n) is 6.69. The molecular formula is C21H19F4N3O4. The summed E-state index contributed by atoms with van der Waals surface area (Å²) in [5.74, 6) is -1.92. The number of amides is 1. The highest BCUT2D eigenvalue weighted by Gasteiger charge is 2.87. The summed E-state index contributed by atoms with van der Waals surface area (Å²) in [7, 11) is 0. The molecule has 2 bridgehead atoms. The van der Waals surface area contributed by atoms with Gasteiger partial charge < -0.3 is 19.9 Å². The van der Waals surface area contributed by atoms with Crippen LogP contribution in [0.25, 0.3) is 0 Å². The van der Waals surface area contributed by atoms with Crippen LogP contribution < -0.4 is 10.1 Å². The van der Waals surface area contributed by atoms with Crippen molar-refractivity contribution in [3.63, 3.8) is 0 Å². The number of rotatable bonds is 5. The zero-order chi connectivity index (χ0) is 22.9. The number of nitrogens with one attached hydrogen (secondary N) is 1. The van der Waals surface area contributed by atoms with E-state index in [2.05, 4.69) is 15.3 Å². The normalized spacial score (nSPS) is 32.5. The van der Waals surface area contributed by atoms with Crippen molar-refractivity contribution in [2.75, 3.05) is 11.9 Å². The highest BCUT2D eigenvalue weighted by atomic mass is 19.4. The Labute approximate surface area is 179 Å². The Morgan fingerprint density at radius 3 is 2.84 bits per heavy atom. The molecule has 4 heterocycles. The van der Waals surface area contributed by atoms with Crippen molar-refractivity contribution in [3.8, 4) is 5.88 Å². The van der Waals surface area contributed by atoms with Gasteiger partial charge in [0.05, 0.1) is 35.9 Å². The van der Waals surface area contributed by atoms with Gasteiger partial charge in [-0.15, -0.1) is 0 Å². The van der Waals surface area contributed by atoms with Gasteiger partial charge in [0.15, 0.2) is 0 Å². The van der Waals surface area contributed by atoms with Crippen LogP contribution in [0.1, 0.15) is 30.9 Å². The van der Waals surface area contributed by atoms with Crippen molar-refractivity contribution in [2.45, 2.75) is 49.7 Å². The quantitative estimate of drug-likeness (QED) is 0.534. The highest BCUT2D eigenvalue weighted by Crippen LogP contribution is 2.77. The minimum absolute atomic E-state index is 0.0951. The van der Waals surface area contributed by atoms with Gasteiger partial charge in [0.25, 0.3) is 0 Å². The minimum Gasteiger partial charge on any atom is -0.478 e. The van der Waals surface area contributed by atoms with Gasteiger partial charge in [0.2, 0.25) is 17.7 Å². The number of nitrogens with zero attached hydrogens (tertiary/aromatic N) is 2. The lowest BCUT2D eigenvalue weighted by molar-refractivity contribution is -0.137. The monoisotopic (exact) mass is 453 g/mol. The van der Waals surface area contributed by atoms with Crippen LogP contribution in [0, 0.1) is 11.4 Å². The fourth-order valence-corrected chi connectivity index (χ4v) is 5.39. The lowest BCUT2D eigenvalue weighted by atomic mass is 9.74. The molecule has 7 nitrogen and oxygen atoms in total. The van der Waals surface area contributed by atoms with E-state index in [0.717, 1.165) is 12.1 Å². The Bertz CT molecular complexity index is 1100. The molecule has 170 valence electrons. The van der Waals surface area contributed by atoms with Crippen LogP contribution in [0.3, 0.4) is 0 Å². The van der Waals surface area contributed by atoms with Gasteiger partial charge in [-0.3, -0.25) is 4.79 Å². The van der Waals surface area contributed by atoms with Crippen molar-refractivity contribution < 1.29 is 36.9 Å². The topological polar surface area (TPSA) is 93.6 Å². The summed E-state index contributed by atoms with van der Waals surface area (Å²) in [5.41, 5.74) is -2.71. The van der Waals surface area contributed by atoms with Gasteiger partial charge >= 0.3 is 6.18 Å². The molecule has 3 aliphatic rings. The van der Waals surface area contributed by atoms with Crippen LogP contribution in [0.4, 0.5) is 23.4 Å². The third-order valence-corrected chi connectivity index (χ3v) is 6.69. The number of hydrogen-bond acceptors (Lipinski definition) is 6. The predicted molar refractivity (Wildman–Crippen MR) is 101 cm³/mol. The smallest absolute Gasteiger partial charge is 0.416 e. The Morgan fingerprint density at radius 1 is 1.38 bits per heavy atom. The molecule has 1 amide bonds. The summed E-state index contributed by atoms with van der Waals surface area (Å²) < 4.78 is 64.8. The average molecular weight is 453 g/mol. The van der Waals surface area contributed by atoms with Crippen molar-refractivity contribution in [2.24, 2.45) is 5.41 Å². The Balaban J connectivity index is 1.51. The molecule has 3 fully saturated rings. The fourth-order valence-electron chi connectivity index (χ4n) is 5.39. The van der Waals surface area contributed by atoms with Gasteiger partial charge in [-0.25, -0.2) is 4.98 Å².